The van der Waals surface area contributed by atoms with Gasteiger partial charge < -0.3 is 10.2 Å². The second kappa shape index (κ2) is 4.49. The first-order valence-corrected chi connectivity index (χ1v) is 5.44. The van der Waals surface area contributed by atoms with Gasteiger partial charge in [0.25, 0.3) is 0 Å². The first-order valence-electron chi connectivity index (χ1n) is 5.44. The molecule has 1 N–H and O–H groups in total. The Kier molecular flexibility index (Phi) is 3.07. The van der Waals surface area contributed by atoms with Crippen LogP contribution in [0.1, 0.15) is 12.0 Å². The summed E-state index contributed by atoms with van der Waals surface area (Å²) in [5, 5.41) is 3.39. The van der Waals surface area contributed by atoms with Gasteiger partial charge in [0.05, 0.1) is 0 Å². The first-order chi connectivity index (χ1) is 7.27. The van der Waals surface area contributed by atoms with Crippen molar-refractivity contribution in [3.8, 4) is 0 Å². The fourth-order valence-electron chi connectivity index (χ4n) is 1.89. The second-order valence-electron chi connectivity index (χ2n) is 4.21. The van der Waals surface area contributed by atoms with Crippen LogP contribution in [0.4, 0.5) is 5.69 Å². The molecule has 0 spiro atoms. The Labute approximate surface area is 91.6 Å². The molecule has 0 fully saturated rings. The number of fused-ring (bicyclic) bond motifs is 1. The number of nitrogens with one attached hydrogen (secondary N) is 1. The van der Waals surface area contributed by atoms with Gasteiger partial charge in [0.2, 0.25) is 0 Å². The number of hydrogen-bond donors (Lipinski definition) is 1. The lowest BCUT2D eigenvalue weighted by Crippen LogP contribution is -2.15. The number of nitrogens with zero attached hydrogens (tertiary/aromatic N) is 1. The Morgan fingerprint density at radius 2 is 2.07 bits per heavy atom. The summed E-state index contributed by atoms with van der Waals surface area (Å²) in [7, 11) is 4.24. The molecule has 0 unspecified atom stereocenters. The number of hydrogen-bond acceptors (Lipinski definition) is 2. The van der Waals surface area contributed by atoms with E-state index >= 15 is 0 Å². The predicted octanol–water partition coefficient (Wildman–Crippen LogP) is 2.45. The van der Waals surface area contributed by atoms with Crippen LogP contribution in [0.2, 0.25) is 0 Å². The van der Waals surface area contributed by atoms with E-state index in [1.807, 2.05) is 0 Å². The second-order valence-corrected chi connectivity index (χ2v) is 4.21. The third-order valence-corrected chi connectivity index (χ3v) is 2.74. The van der Waals surface area contributed by atoms with Gasteiger partial charge in [-0.25, -0.2) is 0 Å². The molecule has 1 aromatic carbocycles. The van der Waals surface area contributed by atoms with Crippen LogP contribution in [-0.4, -0.2) is 32.1 Å². The molecule has 0 radical (unpaired) electrons. The van der Waals surface area contributed by atoms with Gasteiger partial charge in [-0.15, -0.1) is 0 Å². The zero-order valence-corrected chi connectivity index (χ0v) is 9.46. The molecule has 80 valence electrons. The Balaban J connectivity index is 2.15. The topological polar surface area (TPSA) is 15.3 Å². The van der Waals surface area contributed by atoms with Crippen molar-refractivity contribution in [2.75, 3.05) is 32.5 Å². The van der Waals surface area contributed by atoms with Crippen LogP contribution in [-0.2, 0) is 0 Å². The molecular weight excluding hydrogens is 184 g/mol. The highest BCUT2D eigenvalue weighted by Gasteiger charge is 2.10. The Bertz CT molecular complexity index is 367. The lowest BCUT2D eigenvalue weighted by Gasteiger charge is -2.20. The Morgan fingerprint density at radius 3 is 2.87 bits per heavy atom. The van der Waals surface area contributed by atoms with Crippen LogP contribution in [0.3, 0.4) is 0 Å². The largest absolute Gasteiger partial charge is 0.381 e. The van der Waals surface area contributed by atoms with Crippen LogP contribution in [0.15, 0.2) is 30.3 Å². The molecule has 1 aromatic rings. The predicted molar refractivity (Wildman–Crippen MR) is 66.1 cm³/mol. The van der Waals surface area contributed by atoms with Gasteiger partial charge in [0.15, 0.2) is 0 Å². The van der Waals surface area contributed by atoms with Crippen LogP contribution >= 0.6 is 0 Å². The molecule has 1 aliphatic rings. The summed E-state index contributed by atoms with van der Waals surface area (Å²) in [5.74, 6) is 0. The van der Waals surface area contributed by atoms with Crippen molar-refractivity contribution in [2.45, 2.75) is 6.42 Å². The van der Waals surface area contributed by atoms with Gasteiger partial charge in [-0.2, -0.15) is 0 Å². The summed E-state index contributed by atoms with van der Waals surface area (Å²) >= 11 is 0. The molecule has 0 bridgehead atoms. The molecule has 0 amide bonds. The molecule has 0 aliphatic carbocycles. The molecule has 2 nitrogen and oxygen atoms in total. The van der Waals surface area contributed by atoms with E-state index in [4.69, 9.17) is 0 Å². The van der Waals surface area contributed by atoms with E-state index in [1.54, 1.807) is 0 Å². The van der Waals surface area contributed by atoms with Crippen molar-refractivity contribution in [3.63, 3.8) is 0 Å². The monoisotopic (exact) mass is 202 g/mol. The third-order valence-electron chi connectivity index (χ3n) is 2.74. The van der Waals surface area contributed by atoms with Gasteiger partial charge >= 0.3 is 0 Å². The van der Waals surface area contributed by atoms with Gasteiger partial charge in [-0.3, -0.25) is 0 Å². The van der Waals surface area contributed by atoms with Crippen molar-refractivity contribution in [3.05, 3.63) is 35.9 Å². The average Bonchev–Trinajstić information content (AvgIpc) is 2.26. The SMILES string of the molecule is CN(C)CCC1=CCNc2ccccc21. The van der Waals surface area contributed by atoms with Crippen LogP contribution in [0, 0.1) is 0 Å². The first kappa shape index (κ1) is 10.2. The lowest BCUT2D eigenvalue weighted by molar-refractivity contribution is 0.419. The molecule has 0 aromatic heterocycles. The maximum Gasteiger partial charge on any atom is 0.0418 e. The zero-order valence-electron chi connectivity index (χ0n) is 9.46. The summed E-state index contributed by atoms with van der Waals surface area (Å²) in [6.45, 7) is 2.07. The summed E-state index contributed by atoms with van der Waals surface area (Å²) in [4.78, 5) is 2.23. The average molecular weight is 202 g/mol. The summed E-state index contributed by atoms with van der Waals surface area (Å²) in [5.41, 5.74) is 4.11. The molecular formula is C13H18N2. The van der Waals surface area contributed by atoms with Gasteiger partial charge in [0.1, 0.15) is 0 Å². The van der Waals surface area contributed by atoms with E-state index in [0.29, 0.717) is 0 Å². The van der Waals surface area contributed by atoms with E-state index in [9.17, 15) is 0 Å². The minimum atomic E-state index is 0.958. The third kappa shape index (κ3) is 2.39. The van der Waals surface area contributed by atoms with E-state index in [0.717, 1.165) is 19.5 Å². The zero-order chi connectivity index (χ0) is 10.7. The molecule has 2 rings (SSSR count). The lowest BCUT2D eigenvalue weighted by atomic mass is 9.98. The number of rotatable bonds is 3. The maximum absolute atomic E-state index is 3.39. The normalized spacial score (nSPS) is 14.5. The summed E-state index contributed by atoms with van der Waals surface area (Å²) < 4.78 is 0. The highest BCUT2D eigenvalue weighted by molar-refractivity contribution is 5.79. The van der Waals surface area contributed by atoms with Gasteiger partial charge in [-0.05, 0) is 32.2 Å². The summed E-state index contributed by atoms with van der Waals surface area (Å²) in [6.07, 6.45) is 3.43. The smallest absolute Gasteiger partial charge is 0.0418 e. The quantitative estimate of drug-likeness (QED) is 0.810. The molecule has 0 saturated heterocycles. The standard InChI is InChI=1S/C13H18N2/c1-15(2)10-8-11-7-9-14-13-6-4-3-5-12(11)13/h3-7,14H,8-10H2,1-2H3. The van der Waals surface area contributed by atoms with E-state index in [2.05, 4.69) is 54.7 Å². The van der Waals surface area contributed by atoms with Crippen LogP contribution < -0.4 is 5.32 Å². The number of para-hydroxylation sites is 1. The fourth-order valence-corrected chi connectivity index (χ4v) is 1.89. The minimum absolute atomic E-state index is 0.958. The van der Waals surface area contributed by atoms with Crippen molar-refractivity contribution in [2.24, 2.45) is 0 Å². The van der Waals surface area contributed by atoms with Crippen molar-refractivity contribution in [1.82, 2.24) is 4.90 Å². The Morgan fingerprint density at radius 1 is 1.27 bits per heavy atom. The molecule has 1 aliphatic heterocycles. The van der Waals surface area contributed by atoms with E-state index in [1.165, 1.54) is 16.8 Å². The highest BCUT2D eigenvalue weighted by atomic mass is 15.0. The molecule has 1 heterocycles. The van der Waals surface area contributed by atoms with Crippen molar-refractivity contribution < 1.29 is 0 Å². The molecule has 2 heteroatoms. The highest BCUT2D eigenvalue weighted by Crippen LogP contribution is 2.29. The molecule has 0 saturated carbocycles. The van der Waals surface area contributed by atoms with E-state index in [-0.39, 0.29) is 0 Å². The molecule has 0 atom stereocenters. The number of benzene rings is 1. The maximum atomic E-state index is 3.39. The van der Waals surface area contributed by atoms with E-state index < -0.39 is 0 Å². The van der Waals surface area contributed by atoms with Gasteiger partial charge in [0, 0.05) is 24.3 Å². The van der Waals surface area contributed by atoms with Gasteiger partial charge in [-0.1, -0.05) is 24.3 Å². The van der Waals surface area contributed by atoms with Crippen LogP contribution in [0.25, 0.3) is 5.57 Å². The summed E-state index contributed by atoms with van der Waals surface area (Å²) in [6, 6.07) is 8.54. The molecule has 15 heavy (non-hydrogen) atoms. The minimum Gasteiger partial charge on any atom is -0.381 e. The number of anilines is 1. The van der Waals surface area contributed by atoms with Crippen molar-refractivity contribution in [1.29, 1.82) is 0 Å². The van der Waals surface area contributed by atoms with Crippen LogP contribution in [0.5, 0.6) is 0 Å². The van der Waals surface area contributed by atoms with Crippen molar-refractivity contribution >= 4 is 11.3 Å². The Hall–Kier alpha value is -1.28. The fraction of sp³-hybridized carbons (Fsp3) is 0.385.